The molecule has 4 rings (SSSR count). The fraction of sp³-hybridized carbons (Fsp3) is 0.412. The molecule has 0 saturated carbocycles. The molecule has 2 aliphatic heterocycles. The predicted octanol–water partition coefficient (Wildman–Crippen LogP) is 1.18. The highest BCUT2D eigenvalue weighted by molar-refractivity contribution is 5.92. The first-order chi connectivity index (χ1) is 11.8. The van der Waals surface area contributed by atoms with Crippen LogP contribution in [0.1, 0.15) is 16.9 Å². The molecule has 0 N–H and O–H groups in total. The average Bonchev–Trinajstić information content (AvgIpc) is 3.04. The van der Waals surface area contributed by atoms with Crippen molar-refractivity contribution < 1.29 is 14.3 Å². The van der Waals surface area contributed by atoms with Crippen molar-refractivity contribution in [1.29, 1.82) is 0 Å². The minimum atomic E-state index is -0.294. The minimum absolute atomic E-state index is 0.0806. The lowest BCUT2D eigenvalue weighted by Gasteiger charge is -2.49. The number of carbonyl (C=O) groups is 1. The Bertz CT molecular complexity index is 704. The van der Waals surface area contributed by atoms with Gasteiger partial charge < -0.3 is 14.4 Å². The zero-order valence-corrected chi connectivity index (χ0v) is 13.2. The van der Waals surface area contributed by atoms with Gasteiger partial charge in [-0.15, -0.1) is 0 Å². The molecule has 0 bridgehead atoms. The molecule has 0 aromatic carbocycles. The summed E-state index contributed by atoms with van der Waals surface area (Å²) in [5.74, 6) is 0.796. The Morgan fingerprint density at radius 3 is 2.96 bits per heavy atom. The molecule has 2 aromatic rings. The summed E-state index contributed by atoms with van der Waals surface area (Å²) in [4.78, 5) is 26.2. The average molecular weight is 326 g/mol. The minimum Gasteiger partial charge on any atom is -0.477 e. The van der Waals surface area contributed by atoms with E-state index in [9.17, 15) is 4.79 Å². The molecule has 1 atom stereocenters. The second-order valence-electron chi connectivity index (χ2n) is 6.13. The number of aromatic nitrogens is 3. The van der Waals surface area contributed by atoms with E-state index in [1.807, 2.05) is 18.2 Å². The van der Waals surface area contributed by atoms with Gasteiger partial charge in [0.2, 0.25) is 5.88 Å². The van der Waals surface area contributed by atoms with Gasteiger partial charge in [-0.2, -0.15) is 0 Å². The molecule has 1 unspecified atom stereocenters. The normalized spacial score (nSPS) is 21.5. The SMILES string of the molecule is O=C(c1ccncn1)N1CC2(C1)OCCC2COc1ccccn1. The highest BCUT2D eigenvalue weighted by Gasteiger charge is 2.55. The van der Waals surface area contributed by atoms with Crippen molar-refractivity contribution in [3.63, 3.8) is 0 Å². The van der Waals surface area contributed by atoms with Crippen molar-refractivity contribution in [2.45, 2.75) is 12.0 Å². The van der Waals surface area contributed by atoms with Gasteiger partial charge in [-0.05, 0) is 18.6 Å². The highest BCUT2D eigenvalue weighted by Crippen LogP contribution is 2.40. The van der Waals surface area contributed by atoms with Gasteiger partial charge in [-0.3, -0.25) is 4.79 Å². The molecule has 7 heteroatoms. The molecule has 7 nitrogen and oxygen atoms in total. The first kappa shape index (κ1) is 15.0. The van der Waals surface area contributed by atoms with E-state index >= 15 is 0 Å². The number of ether oxygens (including phenoxy) is 2. The fourth-order valence-corrected chi connectivity index (χ4v) is 3.31. The summed E-state index contributed by atoms with van der Waals surface area (Å²) in [5.41, 5.74) is 0.122. The number of pyridine rings is 1. The molecule has 2 aromatic heterocycles. The summed E-state index contributed by atoms with van der Waals surface area (Å²) in [5, 5.41) is 0. The molecule has 1 amide bonds. The molecular formula is C17H18N4O3. The van der Waals surface area contributed by atoms with E-state index in [-0.39, 0.29) is 17.4 Å². The third kappa shape index (κ3) is 2.71. The van der Waals surface area contributed by atoms with E-state index in [1.54, 1.807) is 23.4 Å². The highest BCUT2D eigenvalue weighted by atomic mass is 16.5. The van der Waals surface area contributed by atoms with Crippen molar-refractivity contribution in [2.75, 3.05) is 26.3 Å². The van der Waals surface area contributed by atoms with Crippen LogP contribution in [-0.4, -0.2) is 57.7 Å². The van der Waals surface area contributed by atoms with Gasteiger partial charge >= 0.3 is 0 Å². The Hall–Kier alpha value is -2.54. The Labute approximate surface area is 139 Å². The molecule has 2 aliphatic rings. The van der Waals surface area contributed by atoms with Gasteiger partial charge in [0.25, 0.3) is 5.91 Å². The third-order valence-corrected chi connectivity index (χ3v) is 4.68. The molecular weight excluding hydrogens is 308 g/mol. The summed E-state index contributed by atoms with van der Waals surface area (Å²) in [6, 6.07) is 7.23. The first-order valence-electron chi connectivity index (χ1n) is 8.00. The van der Waals surface area contributed by atoms with Crippen molar-refractivity contribution in [3.05, 3.63) is 48.7 Å². The van der Waals surface area contributed by atoms with E-state index in [2.05, 4.69) is 15.0 Å². The van der Waals surface area contributed by atoms with Gasteiger partial charge in [0.1, 0.15) is 17.6 Å². The maximum Gasteiger partial charge on any atom is 0.272 e. The molecule has 124 valence electrons. The summed E-state index contributed by atoms with van der Waals surface area (Å²) in [6.45, 7) is 2.40. The van der Waals surface area contributed by atoms with E-state index in [0.717, 1.165) is 6.42 Å². The van der Waals surface area contributed by atoms with Gasteiger partial charge in [0, 0.05) is 31.0 Å². The Morgan fingerprint density at radius 1 is 1.29 bits per heavy atom. The van der Waals surface area contributed by atoms with Crippen molar-refractivity contribution in [1.82, 2.24) is 19.9 Å². The van der Waals surface area contributed by atoms with E-state index in [4.69, 9.17) is 9.47 Å². The standard InChI is InChI=1S/C17H18N4O3/c22-16(14-4-7-18-12-20-14)21-10-17(11-21)13(5-8-24-17)9-23-15-3-1-2-6-19-15/h1-4,6-7,12-13H,5,8-11H2. The van der Waals surface area contributed by atoms with Crippen molar-refractivity contribution in [2.24, 2.45) is 5.92 Å². The monoisotopic (exact) mass is 326 g/mol. The van der Waals surface area contributed by atoms with Crippen LogP contribution in [0.5, 0.6) is 5.88 Å². The predicted molar refractivity (Wildman–Crippen MR) is 84.5 cm³/mol. The molecule has 2 saturated heterocycles. The van der Waals surface area contributed by atoms with Gasteiger partial charge in [-0.25, -0.2) is 15.0 Å². The lowest BCUT2D eigenvalue weighted by atomic mass is 9.81. The first-order valence-corrected chi connectivity index (χ1v) is 8.00. The fourth-order valence-electron chi connectivity index (χ4n) is 3.31. The maximum absolute atomic E-state index is 12.4. The van der Waals surface area contributed by atoms with E-state index in [0.29, 0.717) is 37.9 Å². The quantitative estimate of drug-likeness (QED) is 0.840. The number of nitrogens with zero attached hydrogens (tertiary/aromatic N) is 4. The topological polar surface area (TPSA) is 77.4 Å². The third-order valence-electron chi connectivity index (χ3n) is 4.68. The van der Waals surface area contributed by atoms with Gasteiger partial charge in [0.15, 0.2) is 0 Å². The summed E-state index contributed by atoms with van der Waals surface area (Å²) in [7, 11) is 0. The van der Waals surface area contributed by atoms with Crippen LogP contribution in [0, 0.1) is 5.92 Å². The number of hydrogen-bond acceptors (Lipinski definition) is 6. The lowest BCUT2D eigenvalue weighted by Crippen LogP contribution is -2.66. The van der Waals surface area contributed by atoms with Crippen LogP contribution in [-0.2, 0) is 4.74 Å². The number of hydrogen-bond donors (Lipinski definition) is 0. The zero-order valence-electron chi connectivity index (χ0n) is 13.2. The van der Waals surface area contributed by atoms with Crippen LogP contribution in [0.15, 0.2) is 43.0 Å². The summed E-state index contributed by atoms with van der Waals surface area (Å²) < 4.78 is 11.8. The van der Waals surface area contributed by atoms with Gasteiger partial charge in [-0.1, -0.05) is 6.07 Å². The summed E-state index contributed by atoms with van der Waals surface area (Å²) in [6.07, 6.45) is 5.60. The Balaban J connectivity index is 1.37. The molecule has 24 heavy (non-hydrogen) atoms. The molecule has 4 heterocycles. The van der Waals surface area contributed by atoms with Crippen LogP contribution < -0.4 is 4.74 Å². The van der Waals surface area contributed by atoms with Crippen molar-refractivity contribution >= 4 is 5.91 Å². The lowest BCUT2D eigenvalue weighted by molar-refractivity contribution is -0.122. The molecule has 0 aliphatic carbocycles. The molecule has 0 radical (unpaired) electrons. The molecule has 2 fully saturated rings. The maximum atomic E-state index is 12.4. The number of rotatable bonds is 4. The Kier molecular flexibility index (Phi) is 3.86. The smallest absolute Gasteiger partial charge is 0.272 e. The number of amides is 1. The largest absolute Gasteiger partial charge is 0.477 e. The van der Waals surface area contributed by atoms with Crippen LogP contribution >= 0.6 is 0 Å². The van der Waals surface area contributed by atoms with Crippen molar-refractivity contribution in [3.8, 4) is 5.88 Å². The van der Waals surface area contributed by atoms with Crippen LogP contribution in [0.3, 0.4) is 0 Å². The molecule has 1 spiro atoms. The van der Waals surface area contributed by atoms with Crippen LogP contribution in [0.25, 0.3) is 0 Å². The Morgan fingerprint density at radius 2 is 2.21 bits per heavy atom. The number of likely N-dealkylation sites (tertiary alicyclic amines) is 1. The second kappa shape index (κ2) is 6.16. The zero-order chi connectivity index (χ0) is 16.4. The number of carbonyl (C=O) groups excluding carboxylic acids is 1. The van der Waals surface area contributed by atoms with Gasteiger partial charge in [0.05, 0.1) is 19.7 Å². The van der Waals surface area contributed by atoms with E-state index < -0.39 is 0 Å². The van der Waals surface area contributed by atoms with E-state index in [1.165, 1.54) is 6.33 Å². The van der Waals surface area contributed by atoms with Crippen LogP contribution in [0.2, 0.25) is 0 Å². The second-order valence-corrected chi connectivity index (χ2v) is 6.13. The van der Waals surface area contributed by atoms with Crippen LogP contribution in [0.4, 0.5) is 0 Å². The summed E-state index contributed by atoms with van der Waals surface area (Å²) >= 11 is 0.